The molecule has 0 radical (unpaired) electrons. The molecule has 2 atom stereocenters. The van der Waals surface area contributed by atoms with Crippen LogP contribution in [0.4, 0.5) is 0 Å². The molecule has 1 amide bonds. The second-order valence-electron chi connectivity index (χ2n) is 6.03. The van der Waals surface area contributed by atoms with Crippen LogP contribution in [0.15, 0.2) is 16.0 Å². The van der Waals surface area contributed by atoms with Crippen LogP contribution in [0.1, 0.15) is 53.6 Å². The molecule has 2 aromatic heterocycles. The average Bonchev–Trinajstić information content (AvgIpc) is 3.26. The lowest BCUT2D eigenvalue weighted by Gasteiger charge is -2.27. The minimum Gasteiger partial charge on any atom is -0.373 e. The second-order valence-corrected chi connectivity index (χ2v) is 7.03. The number of carbonyl (C=O) groups excluding carboxylic acids is 1. The normalized spacial score (nSPS) is 24.0. The van der Waals surface area contributed by atoms with Crippen LogP contribution in [-0.2, 0) is 16.0 Å². The van der Waals surface area contributed by atoms with E-state index in [2.05, 4.69) is 21.6 Å². The van der Waals surface area contributed by atoms with Gasteiger partial charge in [0.1, 0.15) is 0 Å². The smallest absolute Gasteiger partial charge is 0.226 e. The molecule has 122 valence electrons. The van der Waals surface area contributed by atoms with Gasteiger partial charge in [-0.25, -0.2) is 0 Å². The highest BCUT2D eigenvalue weighted by Gasteiger charge is 2.35. The monoisotopic (exact) mass is 333 g/mol. The first kappa shape index (κ1) is 14.8. The van der Waals surface area contributed by atoms with Crippen molar-refractivity contribution in [3.05, 3.63) is 33.6 Å². The number of fused-ring (bicyclic) bond motifs is 1. The van der Waals surface area contributed by atoms with E-state index in [0.29, 0.717) is 24.7 Å². The Bertz CT molecular complexity index is 711. The SMILES string of the molecule is Cc1nc([C@H]2CCCN2C(=O)C[C@@H]2OCCc3sccc32)no1. The molecule has 0 aromatic carbocycles. The van der Waals surface area contributed by atoms with E-state index in [-0.39, 0.29) is 18.1 Å². The molecule has 2 aliphatic heterocycles. The molecule has 2 aromatic rings. The van der Waals surface area contributed by atoms with Gasteiger partial charge >= 0.3 is 0 Å². The number of aromatic nitrogens is 2. The van der Waals surface area contributed by atoms with E-state index in [4.69, 9.17) is 9.26 Å². The van der Waals surface area contributed by atoms with Gasteiger partial charge in [-0.15, -0.1) is 11.3 Å². The third-order valence-corrected chi connectivity index (χ3v) is 5.55. The predicted octanol–water partition coefficient (Wildman–Crippen LogP) is 2.81. The Labute approximate surface area is 138 Å². The van der Waals surface area contributed by atoms with Crippen molar-refractivity contribution in [3.8, 4) is 0 Å². The summed E-state index contributed by atoms with van der Waals surface area (Å²) in [5.74, 6) is 1.27. The molecule has 0 spiro atoms. The van der Waals surface area contributed by atoms with Crippen LogP contribution in [0.2, 0.25) is 0 Å². The van der Waals surface area contributed by atoms with Gasteiger partial charge in [-0.1, -0.05) is 5.16 Å². The highest BCUT2D eigenvalue weighted by Crippen LogP contribution is 2.36. The molecule has 0 N–H and O–H groups in total. The van der Waals surface area contributed by atoms with Crippen LogP contribution in [0.5, 0.6) is 0 Å². The quantitative estimate of drug-likeness (QED) is 0.864. The number of likely N-dealkylation sites (tertiary alicyclic amines) is 1. The lowest BCUT2D eigenvalue weighted by Crippen LogP contribution is -2.33. The fraction of sp³-hybridized carbons (Fsp3) is 0.562. The van der Waals surface area contributed by atoms with Crippen LogP contribution in [0.25, 0.3) is 0 Å². The fourth-order valence-electron chi connectivity index (χ4n) is 3.45. The van der Waals surface area contributed by atoms with Crippen molar-refractivity contribution in [3.63, 3.8) is 0 Å². The maximum absolute atomic E-state index is 12.8. The summed E-state index contributed by atoms with van der Waals surface area (Å²) in [5, 5.41) is 6.08. The van der Waals surface area contributed by atoms with Crippen molar-refractivity contribution in [2.45, 2.75) is 44.8 Å². The summed E-state index contributed by atoms with van der Waals surface area (Å²) < 4.78 is 10.9. The second kappa shape index (κ2) is 6.05. The van der Waals surface area contributed by atoms with Crippen LogP contribution >= 0.6 is 11.3 Å². The molecule has 2 aliphatic rings. The topological polar surface area (TPSA) is 68.5 Å². The summed E-state index contributed by atoms with van der Waals surface area (Å²) in [6, 6.07) is 2.02. The molecule has 6 nitrogen and oxygen atoms in total. The van der Waals surface area contributed by atoms with Crippen LogP contribution in [-0.4, -0.2) is 34.1 Å². The third kappa shape index (κ3) is 2.79. The number of thiophene rings is 1. The van der Waals surface area contributed by atoms with Crippen LogP contribution in [0.3, 0.4) is 0 Å². The average molecular weight is 333 g/mol. The number of carbonyl (C=O) groups is 1. The summed E-state index contributed by atoms with van der Waals surface area (Å²) >= 11 is 1.75. The summed E-state index contributed by atoms with van der Waals surface area (Å²) in [6.07, 6.45) is 3.08. The number of amides is 1. The van der Waals surface area contributed by atoms with Crippen LogP contribution < -0.4 is 0 Å². The van der Waals surface area contributed by atoms with Crippen molar-refractivity contribution in [2.75, 3.05) is 13.2 Å². The lowest BCUT2D eigenvalue weighted by molar-refractivity contribution is -0.135. The van der Waals surface area contributed by atoms with E-state index < -0.39 is 0 Å². The van der Waals surface area contributed by atoms with Gasteiger partial charge in [-0.2, -0.15) is 4.98 Å². The Hall–Kier alpha value is -1.73. The maximum atomic E-state index is 12.8. The minimum atomic E-state index is -0.120. The first-order chi connectivity index (χ1) is 11.2. The lowest BCUT2D eigenvalue weighted by atomic mass is 10.0. The van der Waals surface area contributed by atoms with Crippen molar-refractivity contribution in [2.24, 2.45) is 0 Å². The Morgan fingerprint density at radius 1 is 1.52 bits per heavy atom. The van der Waals surface area contributed by atoms with Gasteiger partial charge in [-0.3, -0.25) is 4.79 Å². The molecular weight excluding hydrogens is 314 g/mol. The van der Waals surface area contributed by atoms with Gasteiger partial charge < -0.3 is 14.2 Å². The Kier molecular flexibility index (Phi) is 3.90. The van der Waals surface area contributed by atoms with E-state index in [9.17, 15) is 4.79 Å². The summed E-state index contributed by atoms with van der Waals surface area (Å²) in [6.45, 7) is 3.21. The van der Waals surface area contributed by atoms with Crippen molar-refractivity contribution < 1.29 is 14.1 Å². The molecule has 1 saturated heterocycles. The molecule has 23 heavy (non-hydrogen) atoms. The number of nitrogens with zero attached hydrogens (tertiary/aromatic N) is 3. The zero-order chi connectivity index (χ0) is 15.8. The third-order valence-electron chi connectivity index (χ3n) is 4.55. The first-order valence-electron chi connectivity index (χ1n) is 8.00. The van der Waals surface area contributed by atoms with E-state index in [0.717, 1.165) is 25.8 Å². The fourth-order valence-corrected chi connectivity index (χ4v) is 4.37. The Balaban J connectivity index is 1.49. The van der Waals surface area contributed by atoms with E-state index in [1.807, 2.05) is 4.90 Å². The number of rotatable bonds is 3. The predicted molar refractivity (Wildman–Crippen MR) is 84.1 cm³/mol. The highest BCUT2D eigenvalue weighted by molar-refractivity contribution is 7.10. The minimum absolute atomic E-state index is 0.0644. The summed E-state index contributed by atoms with van der Waals surface area (Å²) in [5.41, 5.74) is 1.18. The summed E-state index contributed by atoms with van der Waals surface area (Å²) in [7, 11) is 0. The maximum Gasteiger partial charge on any atom is 0.226 e. The molecular formula is C16H19N3O3S. The van der Waals surface area contributed by atoms with Gasteiger partial charge in [0.2, 0.25) is 11.8 Å². The van der Waals surface area contributed by atoms with Gasteiger partial charge in [-0.05, 0) is 29.9 Å². The van der Waals surface area contributed by atoms with Crippen molar-refractivity contribution in [1.29, 1.82) is 0 Å². The van der Waals surface area contributed by atoms with Crippen molar-refractivity contribution >= 4 is 17.2 Å². The highest BCUT2D eigenvalue weighted by atomic mass is 32.1. The largest absolute Gasteiger partial charge is 0.373 e. The molecule has 4 rings (SSSR count). The van der Waals surface area contributed by atoms with Crippen LogP contribution in [0, 0.1) is 6.92 Å². The molecule has 1 fully saturated rings. The van der Waals surface area contributed by atoms with E-state index >= 15 is 0 Å². The standard InChI is InChI=1S/C16H19N3O3S/c1-10-17-16(18-22-10)12-3-2-6-19(12)15(20)9-13-11-5-8-23-14(11)4-7-21-13/h5,8,12-13H,2-4,6-7,9H2,1H3/t12-,13+/m1/s1. The molecule has 0 aliphatic carbocycles. The number of hydrogen-bond acceptors (Lipinski definition) is 6. The van der Waals surface area contributed by atoms with E-state index in [1.165, 1.54) is 10.4 Å². The first-order valence-corrected chi connectivity index (χ1v) is 8.88. The van der Waals surface area contributed by atoms with E-state index in [1.54, 1.807) is 18.3 Å². The molecule has 4 heterocycles. The molecule has 0 bridgehead atoms. The van der Waals surface area contributed by atoms with Gasteiger partial charge in [0.25, 0.3) is 0 Å². The zero-order valence-electron chi connectivity index (χ0n) is 13.0. The van der Waals surface area contributed by atoms with Gasteiger partial charge in [0, 0.05) is 24.8 Å². The molecule has 0 saturated carbocycles. The molecule has 0 unspecified atom stereocenters. The number of ether oxygens (including phenoxy) is 1. The summed E-state index contributed by atoms with van der Waals surface area (Å²) in [4.78, 5) is 20.3. The Morgan fingerprint density at radius 3 is 3.26 bits per heavy atom. The van der Waals surface area contributed by atoms with Gasteiger partial charge in [0.05, 0.1) is 25.2 Å². The number of hydrogen-bond donors (Lipinski definition) is 0. The Morgan fingerprint density at radius 2 is 2.43 bits per heavy atom. The number of aryl methyl sites for hydroxylation is 1. The molecule has 7 heteroatoms. The zero-order valence-corrected chi connectivity index (χ0v) is 13.8. The van der Waals surface area contributed by atoms with Crippen molar-refractivity contribution in [1.82, 2.24) is 15.0 Å². The van der Waals surface area contributed by atoms with Gasteiger partial charge in [0.15, 0.2) is 5.82 Å².